The van der Waals surface area contributed by atoms with Crippen molar-refractivity contribution in [2.75, 3.05) is 17.6 Å². The Balaban J connectivity index is 1.65. The Morgan fingerprint density at radius 1 is 1.52 bits per heavy atom. The number of urea groups is 1. The number of amides is 4. The van der Waals surface area contributed by atoms with Crippen LogP contribution in [0.1, 0.15) is 38.3 Å². The minimum absolute atomic E-state index is 0.0529. The lowest BCUT2D eigenvalue weighted by atomic mass is 9.73. The van der Waals surface area contributed by atoms with E-state index >= 15 is 0 Å². The molecule has 10 heteroatoms. The van der Waals surface area contributed by atoms with Crippen LogP contribution in [0.3, 0.4) is 0 Å². The number of carbonyl (C=O) groups is 3. The summed E-state index contributed by atoms with van der Waals surface area (Å²) < 4.78 is 0.858. The lowest BCUT2D eigenvalue weighted by Gasteiger charge is -2.36. The molecule has 0 bridgehead atoms. The summed E-state index contributed by atoms with van der Waals surface area (Å²) in [6.07, 6.45) is 3.43. The molecule has 1 saturated carbocycles. The van der Waals surface area contributed by atoms with Gasteiger partial charge in [0.1, 0.15) is 12.1 Å². The van der Waals surface area contributed by atoms with Crippen molar-refractivity contribution < 1.29 is 14.4 Å². The highest BCUT2D eigenvalue weighted by molar-refractivity contribution is 8.01. The van der Waals surface area contributed by atoms with E-state index in [1.165, 1.54) is 23.1 Å². The lowest BCUT2D eigenvalue weighted by molar-refractivity contribution is -0.136. The van der Waals surface area contributed by atoms with Gasteiger partial charge in [0.15, 0.2) is 5.13 Å². The van der Waals surface area contributed by atoms with Crippen LogP contribution >= 0.6 is 23.1 Å². The van der Waals surface area contributed by atoms with Gasteiger partial charge in [0.25, 0.3) is 5.91 Å². The molecule has 144 valence electrons. The quantitative estimate of drug-likeness (QED) is 0.572. The largest absolute Gasteiger partial charge is 0.325 e. The summed E-state index contributed by atoms with van der Waals surface area (Å²) in [5.41, 5.74) is -0.130. The van der Waals surface area contributed by atoms with Crippen LogP contribution in [0, 0.1) is 24.2 Å². The van der Waals surface area contributed by atoms with Crippen molar-refractivity contribution in [3.8, 4) is 6.07 Å². The van der Waals surface area contributed by atoms with Crippen LogP contribution in [0.5, 0.6) is 0 Å². The summed E-state index contributed by atoms with van der Waals surface area (Å²) in [5.74, 6) is -0.420. The van der Waals surface area contributed by atoms with Crippen molar-refractivity contribution in [3.63, 3.8) is 0 Å². The Kier molecular flexibility index (Phi) is 5.72. The number of hydrogen-bond acceptors (Lipinski definition) is 7. The number of nitrogens with one attached hydrogen (secondary N) is 2. The number of anilines is 1. The van der Waals surface area contributed by atoms with E-state index in [1.54, 1.807) is 6.92 Å². The van der Waals surface area contributed by atoms with Crippen LogP contribution in [0.25, 0.3) is 0 Å². The number of thiazole rings is 1. The third kappa shape index (κ3) is 3.80. The van der Waals surface area contributed by atoms with E-state index in [-0.39, 0.29) is 18.4 Å². The third-order valence-corrected chi connectivity index (χ3v) is 7.37. The molecule has 1 aromatic heterocycles. The van der Waals surface area contributed by atoms with E-state index in [9.17, 15) is 14.4 Å². The summed E-state index contributed by atoms with van der Waals surface area (Å²) in [4.78, 5) is 42.9. The third-order valence-electron chi connectivity index (χ3n) is 5.07. The summed E-state index contributed by atoms with van der Waals surface area (Å²) in [5, 5.41) is 14.5. The molecule has 2 unspecified atom stereocenters. The van der Waals surface area contributed by atoms with Gasteiger partial charge in [-0.1, -0.05) is 42.9 Å². The fraction of sp³-hybridized carbons (Fsp3) is 0.588. The van der Waals surface area contributed by atoms with Crippen molar-refractivity contribution in [2.24, 2.45) is 5.92 Å². The molecule has 2 fully saturated rings. The van der Waals surface area contributed by atoms with Gasteiger partial charge in [0, 0.05) is 0 Å². The van der Waals surface area contributed by atoms with Crippen molar-refractivity contribution >= 4 is 46.1 Å². The number of imide groups is 1. The highest BCUT2D eigenvalue weighted by Crippen LogP contribution is 2.38. The first-order chi connectivity index (χ1) is 12.9. The molecule has 2 atom stereocenters. The first kappa shape index (κ1) is 19.6. The second-order valence-electron chi connectivity index (χ2n) is 6.83. The molecular weight excluding hydrogens is 386 g/mol. The Bertz CT molecular complexity index is 818. The average molecular weight is 408 g/mol. The topological polar surface area (TPSA) is 115 Å². The van der Waals surface area contributed by atoms with Gasteiger partial charge in [0.2, 0.25) is 5.91 Å². The molecule has 27 heavy (non-hydrogen) atoms. The Morgan fingerprint density at radius 3 is 3.00 bits per heavy atom. The zero-order chi connectivity index (χ0) is 19.6. The monoisotopic (exact) mass is 407 g/mol. The van der Waals surface area contributed by atoms with Gasteiger partial charge in [-0.05, 0) is 25.7 Å². The van der Waals surface area contributed by atoms with Gasteiger partial charge < -0.3 is 10.6 Å². The van der Waals surface area contributed by atoms with E-state index in [4.69, 9.17) is 5.26 Å². The maximum Gasteiger partial charge on any atom is 0.325 e. The fourth-order valence-corrected chi connectivity index (χ4v) is 5.42. The molecule has 2 heterocycles. The summed E-state index contributed by atoms with van der Waals surface area (Å²) >= 11 is 2.63. The maximum atomic E-state index is 12.9. The first-order valence-electron chi connectivity index (χ1n) is 8.78. The second-order valence-corrected chi connectivity index (χ2v) is 9.07. The number of aryl methyl sites for hydroxylation is 1. The SMILES string of the molecule is Cc1nc(NC(=O)CN2C(=O)NC3(CCCCC3C)C2=O)sc1SCC#N. The molecule has 0 radical (unpaired) electrons. The number of thioether (sulfide) groups is 1. The molecule has 1 aliphatic carbocycles. The maximum absolute atomic E-state index is 12.9. The van der Waals surface area contributed by atoms with E-state index in [1.807, 2.05) is 13.0 Å². The summed E-state index contributed by atoms with van der Waals surface area (Å²) in [6.45, 7) is 3.44. The number of hydrogen-bond donors (Lipinski definition) is 2. The standard InChI is InChI=1S/C17H21N5O3S2/c1-10-5-3-4-6-17(10)14(24)22(16(25)21-17)9-12(23)20-15-19-11(2)13(27-15)26-8-7-18/h10H,3-6,8-9H2,1-2H3,(H,21,25)(H,19,20,23). The van der Waals surface area contributed by atoms with Crippen LogP contribution in [0.15, 0.2) is 4.21 Å². The van der Waals surface area contributed by atoms with Crippen molar-refractivity contribution in [2.45, 2.75) is 49.3 Å². The minimum Gasteiger partial charge on any atom is -0.323 e. The van der Waals surface area contributed by atoms with Gasteiger partial charge in [-0.25, -0.2) is 9.78 Å². The van der Waals surface area contributed by atoms with Crippen LogP contribution in [-0.4, -0.2) is 45.6 Å². The normalized spacial score (nSPS) is 24.8. The predicted octanol–water partition coefficient (Wildman–Crippen LogP) is 2.51. The fourth-order valence-electron chi connectivity index (χ4n) is 3.61. The molecule has 0 aromatic carbocycles. The van der Waals surface area contributed by atoms with Gasteiger partial charge in [0.05, 0.1) is 21.7 Å². The number of nitriles is 1. The number of rotatable bonds is 5. The molecule has 2 aliphatic rings. The number of nitrogens with zero attached hydrogens (tertiary/aromatic N) is 3. The summed E-state index contributed by atoms with van der Waals surface area (Å²) in [7, 11) is 0. The lowest BCUT2D eigenvalue weighted by Crippen LogP contribution is -2.54. The van der Waals surface area contributed by atoms with E-state index in [2.05, 4.69) is 15.6 Å². The molecule has 1 saturated heterocycles. The van der Waals surface area contributed by atoms with Crippen LogP contribution in [-0.2, 0) is 9.59 Å². The molecule has 2 N–H and O–H groups in total. The van der Waals surface area contributed by atoms with Gasteiger partial charge in [-0.15, -0.1) is 0 Å². The predicted molar refractivity (Wildman–Crippen MR) is 102 cm³/mol. The van der Waals surface area contributed by atoms with E-state index < -0.39 is 17.5 Å². The van der Waals surface area contributed by atoms with Crippen molar-refractivity contribution in [3.05, 3.63) is 5.69 Å². The van der Waals surface area contributed by atoms with Crippen molar-refractivity contribution in [1.29, 1.82) is 5.26 Å². The molecule has 4 amide bonds. The van der Waals surface area contributed by atoms with Gasteiger partial charge >= 0.3 is 6.03 Å². The summed E-state index contributed by atoms with van der Waals surface area (Å²) in [6, 6.07) is 1.54. The van der Waals surface area contributed by atoms with Crippen LogP contribution < -0.4 is 10.6 Å². The number of aromatic nitrogens is 1. The highest BCUT2D eigenvalue weighted by Gasteiger charge is 2.55. The zero-order valence-electron chi connectivity index (χ0n) is 15.2. The molecule has 1 spiro atoms. The van der Waals surface area contributed by atoms with Gasteiger partial charge in [-0.2, -0.15) is 5.26 Å². The molecule has 1 aliphatic heterocycles. The zero-order valence-corrected chi connectivity index (χ0v) is 16.8. The first-order valence-corrected chi connectivity index (χ1v) is 10.6. The van der Waals surface area contributed by atoms with E-state index in [0.717, 1.165) is 34.1 Å². The molecule has 8 nitrogen and oxygen atoms in total. The Labute approximate surface area is 165 Å². The second kappa shape index (κ2) is 7.86. The highest BCUT2D eigenvalue weighted by atomic mass is 32.2. The van der Waals surface area contributed by atoms with Gasteiger partial charge in [-0.3, -0.25) is 14.5 Å². The Morgan fingerprint density at radius 2 is 2.30 bits per heavy atom. The smallest absolute Gasteiger partial charge is 0.323 e. The minimum atomic E-state index is -0.867. The molecule has 1 aromatic rings. The van der Waals surface area contributed by atoms with E-state index in [0.29, 0.717) is 17.3 Å². The van der Waals surface area contributed by atoms with Crippen molar-refractivity contribution in [1.82, 2.24) is 15.2 Å². The molecular formula is C17H21N5O3S2. The van der Waals surface area contributed by atoms with Crippen LogP contribution in [0.2, 0.25) is 0 Å². The van der Waals surface area contributed by atoms with Crippen LogP contribution in [0.4, 0.5) is 9.93 Å². The number of carbonyl (C=O) groups excluding carboxylic acids is 3. The average Bonchev–Trinajstić information content (AvgIpc) is 3.08. The molecule has 3 rings (SSSR count). The Hall–Kier alpha value is -2.12.